The fraction of sp³-hybridized carbons (Fsp3) is 0.304. The van der Waals surface area contributed by atoms with Crippen molar-refractivity contribution in [2.24, 2.45) is 0 Å². The van der Waals surface area contributed by atoms with E-state index in [0.29, 0.717) is 17.1 Å². The topological polar surface area (TPSA) is 95.6 Å². The molecule has 1 N–H and O–H groups in total. The summed E-state index contributed by atoms with van der Waals surface area (Å²) in [5, 5.41) is 11.9. The molecule has 1 atom stereocenters. The van der Waals surface area contributed by atoms with E-state index in [9.17, 15) is 4.79 Å². The van der Waals surface area contributed by atoms with Crippen molar-refractivity contribution in [3.05, 3.63) is 59.7 Å². The molecule has 0 spiro atoms. The fourth-order valence-corrected chi connectivity index (χ4v) is 3.75. The molecule has 0 fully saturated rings. The van der Waals surface area contributed by atoms with Crippen LogP contribution in [0.25, 0.3) is 16.9 Å². The average molecular weight is 435 g/mol. The molecule has 3 aromatic heterocycles. The van der Waals surface area contributed by atoms with Crippen LogP contribution in [0.4, 0.5) is 0 Å². The Kier molecular flexibility index (Phi) is 5.81. The van der Waals surface area contributed by atoms with Gasteiger partial charge in [-0.1, -0.05) is 0 Å². The van der Waals surface area contributed by atoms with E-state index >= 15 is 0 Å². The van der Waals surface area contributed by atoms with Gasteiger partial charge >= 0.3 is 0 Å². The number of benzene rings is 1. The molecule has 1 unspecified atom stereocenters. The van der Waals surface area contributed by atoms with Crippen molar-refractivity contribution >= 4 is 11.6 Å². The zero-order valence-electron chi connectivity index (χ0n) is 18.8. The summed E-state index contributed by atoms with van der Waals surface area (Å²) >= 11 is 0. The van der Waals surface area contributed by atoms with E-state index in [1.54, 1.807) is 31.0 Å². The quantitative estimate of drug-likeness (QED) is 0.479. The van der Waals surface area contributed by atoms with Gasteiger partial charge < -0.3 is 14.8 Å². The smallest absolute Gasteiger partial charge is 0.272 e. The predicted octanol–water partition coefficient (Wildman–Crippen LogP) is 3.43. The lowest BCUT2D eigenvalue weighted by Gasteiger charge is -2.17. The second-order valence-electron chi connectivity index (χ2n) is 7.39. The molecule has 0 aliphatic carbocycles. The summed E-state index contributed by atoms with van der Waals surface area (Å²) < 4.78 is 14.3. The summed E-state index contributed by atoms with van der Waals surface area (Å²) in [6, 6.07) is 8.70. The van der Waals surface area contributed by atoms with Crippen molar-refractivity contribution in [1.82, 2.24) is 29.7 Å². The molecule has 0 saturated carbocycles. The molecule has 1 amide bonds. The molecule has 32 heavy (non-hydrogen) atoms. The first-order valence-electron chi connectivity index (χ1n) is 10.4. The lowest BCUT2D eigenvalue weighted by Crippen LogP contribution is -2.27. The van der Waals surface area contributed by atoms with Gasteiger partial charge in [-0.05, 0) is 45.0 Å². The first-order valence-corrected chi connectivity index (χ1v) is 10.4. The van der Waals surface area contributed by atoms with Gasteiger partial charge in [-0.15, -0.1) is 0 Å². The van der Waals surface area contributed by atoms with Crippen LogP contribution in [-0.2, 0) is 6.54 Å². The Labute approximate surface area is 186 Å². The summed E-state index contributed by atoms with van der Waals surface area (Å²) in [6.45, 7) is 6.72. The highest BCUT2D eigenvalue weighted by atomic mass is 16.5. The van der Waals surface area contributed by atoms with E-state index in [4.69, 9.17) is 9.47 Å². The molecular formula is C23H26N6O3. The minimum atomic E-state index is -0.324. The van der Waals surface area contributed by atoms with Crippen LogP contribution >= 0.6 is 0 Å². The van der Waals surface area contributed by atoms with Crippen LogP contribution in [0.2, 0.25) is 0 Å². The molecule has 3 heterocycles. The second-order valence-corrected chi connectivity index (χ2v) is 7.39. The third kappa shape index (κ3) is 3.77. The lowest BCUT2D eigenvalue weighted by molar-refractivity contribution is 0.0934. The lowest BCUT2D eigenvalue weighted by atomic mass is 10.1. The zero-order chi connectivity index (χ0) is 22.8. The van der Waals surface area contributed by atoms with E-state index < -0.39 is 0 Å². The van der Waals surface area contributed by atoms with Crippen molar-refractivity contribution in [1.29, 1.82) is 0 Å². The zero-order valence-corrected chi connectivity index (χ0v) is 18.8. The van der Waals surface area contributed by atoms with Gasteiger partial charge in [0.2, 0.25) is 0 Å². The van der Waals surface area contributed by atoms with Gasteiger partial charge in [0, 0.05) is 35.6 Å². The Morgan fingerprint density at radius 2 is 2.00 bits per heavy atom. The van der Waals surface area contributed by atoms with Crippen LogP contribution < -0.4 is 14.8 Å². The summed E-state index contributed by atoms with van der Waals surface area (Å²) in [4.78, 5) is 17.4. The average Bonchev–Trinajstić information content (AvgIpc) is 3.41. The molecule has 166 valence electrons. The normalized spacial score (nSPS) is 12.0. The van der Waals surface area contributed by atoms with Crippen LogP contribution in [0.5, 0.6) is 11.5 Å². The molecule has 0 bridgehead atoms. The molecule has 4 rings (SSSR count). The van der Waals surface area contributed by atoms with Gasteiger partial charge in [-0.25, -0.2) is 9.50 Å². The maximum atomic E-state index is 13.0. The van der Waals surface area contributed by atoms with Gasteiger partial charge in [0.1, 0.15) is 11.5 Å². The molecule has 0 radical (unpaired) electrons. The molecule has 4 aromatic rings. The first-order chi connectivity index (χ1) is 15.5. The molecule has 9 heteroatoms. The third-order valence-corrected chi connectivity index (χ3v) is 5.52. The molecule has 0 saturated heterocycles. The maximum absolute atomic E-state index is 13.0. The number of methoxy groups -OCH3 is 2. The van der Waals surface area contributed by atoms with Crippen molar-refractivity contribution in [2.75, 3.05) is 14.2 Å². The number of carbonyl (C=O) groups is 1. The Morgan fingerprint density at radius 3 is 2.69 bits per heavy atom. The van der Waals surface area contributed by atoms with Crippen molar-refractivity contribution in [3.63, 3.8) is 0 Å². The Balaban J connectivity index is 1.65. The van der Waals surface area contributed by atoms with E-state index in [0.717, 1.165) is 29.1 Å². The van der Waals surface area contributed by atoms with E-state index in [2.05, 4.69) is 20.5 Å². The maximum Gasteiger partial charge on any atom is 0.272 e. The van der Waals surface area contributed by atoms with Crippen LogP contribution in [0.15, 0.2) is 42.7 Å². The third-order valence-electron chi connectivity index (χ3n) is 5.52. The summed E-state index contributed by atoms with van der Waals surface area (Å²) in [6.07, 6.45) is 3.52. The minimum Gasteiger partial charge on any atom is -0.497 e. The highest BCUT2D eigenvalue weighted by molar-refractivity contribution is 5.93. The van der Waals surface area contributed by atoms with Gasteiger partial charge in [-0.2, -0.15) is 10.2 Å². The molecule has 9 nitrogen and oxygen atoms in total. The number of hydrogen-bond donors (Lipinski definition) is 1. The minimum absolute atomic E-state index is 0.277. The molecule has 1 aromatic carbocycles. The number of ether oxygens (including phenoxy) is 2. The Hall–Kier alpha value is -3.88. The predicted molar refractivity (Wildman–Crippen MR) is 120 cm³/mol. The monoisotopic (exact) mass is 434 g/mol. The number of amides is 1. The van der Waals surface area contributed by atoms with E-state index in [1.165, 1.54) is 0 Å². The van der Waals surface area contributed by atoms with E-state index in [1.807, 2.05) is 55.9 Å². The Bertz CT molecular complexity index is 1280. The number of nitrogens with one attached hydrogen (secondary N) is 1. The summed E-state index contributed by atoms with van der Waals surface area (Å²) in [7, 11) is 3.19. The highest BCUT2D eigenvalue weighted by Gasteiger charge is 2.20. The molecule has 0 aliphatic heterocycles. The molecular weight excluding hydrogens is 408 g/mol. The second kappa shape index (κ2) is 8.70. The van der Waals surface area contributed by atoms with Crippen molar-refractivity contribution < 1.29 is 14.3 Å². The number of nitrogens with zero attached hydrogens (tertiary/aromatic N) is 5. The number of fused-ring (bicyclic) bond motifs is 1. The number of hydrogen-bond acceptors (Lipinski definition) is 6. The van der Waals surface area contributed by atoms with Crippen LogP contribution in [0.3, 0.4) is 0 Å². The number of aromatic nitrogens is 5. The number of carbonyl (C=O) groups excluding carboxylic acids is 1. The largest absolute Gasteiger partial charge is 0.497 e. The first kappa shape index (κ1) is 21.4. The number of rotatable bonds is 7. The highest BCUT2D eigenvalue weighted by Crippen LogP contribution is 2.29. The van der Waals surface area contributed by atoms with Crippen molar-refractivity contribution in [3.8, 4) is 22.8 Å². The van der Waals surface area contributed by atoms with Gasteiger partial charge in [0.25, 0.3) is 5.91 Å². The summed E-state index contributed by atoms with van der Waals surface area (Å²) in [5.74, 6) is 1.05. The fourth-order valence-electron chi connectivity index (χ4n) is 3.75. The van der Waals surface area contributed by atoms with Crippen molar-refractivity contribution in [2.45, 2.75) is 33.4 Å². The summed E-state index contributed by atoms with van der Waals surface area (Å²) in [5.41, 5.74) is 4.48. The Morgan fingerprint density at radius 1 is 1.19 bits per heavy atom. The van der Waals surface area contributed by atoms with Gasteiger partial charge in [0.05, 0.1) is 32.2 Å². The van der Waals surface area contributed by atoms with Crippen LogP contribution in [0.1, 0.15) is 41.6 Å². The van der Waals surface area contributed by atoms with E-state index in [-0.39, 0.29) is 17.6 Å². The number of aryl methyl sites for hydroxylation is 1. The SMILES string of the molecule is CCn1ncc(-c2ccnc3cc(C(=O)NC(C)c4cc(OC)ccc4OC)nn23)c1C. The standard InChI is InChI=1S/C23H26N6O3/c1-6-28-15(3)18(13-25-28)20-9-10-24-22-12-19(27-29(20)22)23(30)26-14(2)17-11-16(31-4)7-8-21(17)32-5/h7-14H,6H2,1-5H3,(H,26,30). The van der Waals surface area contributed by atoms with Crippen LogP contribution in [0, 0.1) is 6.92 Å². The van der Waals surface area contributed by atoms with Crippen LogP contribution in [-0.4, -0.2) is 44.5 Å². The van der Waals surface area contributed by atoms with Gasteiger partial charge in [-0.3, -0.25) is 9.48 Å². The van der Waals surface area contributed by atoms with Gasteiger partial charge in [0.15, 0.2) is 11.3 Å². The molecule has 0 aliphatic rings.